The van der Waals surface area contributed by atoms with Crippen LogP contribution in [0.3, 0.4) is 0 Å². The van der Waals surface area contributed by atoms with Crippen LogP contribution in [0.2, 0.25) is 0 Å². The maximum atomic E-state index is 5.32. The minimum atomic E-state index is 0.266. The summed E-state index contributed by atoms with van der Waals surface area (Å²) < 4.78 is 5.32. The van der Waals surface area contributed by atoms with Crippen molar-refractivity contribution < 1.29 is 4.74 Å². The van der Waals surface area contributed by atoms with Gasteiger partial charge in [-0.25, -0.2) is 4.98 Å². The lowest BCUT2D eigenvalue weighted by Crippen LogP contribution is -2.47. The number of likely N-dealkylation sites (N-methyl/N-ethyl adjacent to an activating group) is 1. The van der Waals surface area contributed by atoms with Crippen molar-refractivity contribution in [1.29, 1.82) is 0 Å². The molecule has 18 heavy (non-hydrogen) atoms. The Morgan fingerprint density at radius 1 is 1.39 bits per heavy atom. The van der Waals surface area contributed by atoms with Crippen molar-refractivity contribution in [1.82, 2.24) is 9.88 Å². The predicted octanol–water partition coefficient (Wildman–Crippen LogP) is 2.38. The van der Waals surface area contributed by atoms with E-state index in [1.54, 1.807) is 13.3 Å². The highest BCUT2D eigenvalue weighted by molar-refractivity contribution is 5.49. The van der Waals surface area contributed by atoms with E-state index in [4.69, 9.17) is 4.74 Å². The van der Waals surface area contributed by atoms with E-state index in [1.807, 2.05) is 12.1 Å². The molecule has 1 aliphatic rings. The van der Waals surface area contributed by atoms with E-state index >= 15 is 0 Å². The van der Waals surface area contributed by atoms with Gasteiger partial charge in [0.1, 0.15) is 0 Å². The first-order chi connectivity index (χ1) is 8.68. The zero-order valence-corrected chi connectivity index (χ0v) is 11.6. The van der Waals surface area contributed by atoms with Crippen LogP contribution in [0.1, 0.15) is 25.7 Å². The normalized spacial score (nSPS) is 18.0. The average Bonchev–Trinajstić information content (AvgIpc) is 2.87. The molecule has 100 valence electrons. The lowest BCUT2D eigenvalue weighted by Gasteiger charge is -2.36. The molecule has 0 spiro atoms. The zero-order chi connectivity index (χ0) is 13.0. The Morgan fingerprint density at radius 3 is 2.72 bits per heavy atom. The van der Waals surface area contributed by atoms with Crippen LogP contribution >= 0.6 is 0 Å². The summed E-state index contributed by atoms with van der Waals surface area (Å²) in [7, 11) is 6.02. The minimum absolute atomic E-state index is 0.266. The van der Waals surface area contributed by atoms with Crippen LogP contribution in [-0.2, 0) is 0 Å². The molecule has 1 aromatic rings. The highest BCUT2D eigenvalue weighted by atomic mass is 16.5. The zero-order valence-electron chi connectivity index (χ0n) is 11.6. The SMILES string of the molecule is COc1cccnc1NCC1(N(C)C)CCCC1. The molecule has 2 rings (SSSR count). The highest BCUT2D eigenvalue weighted by Crippen LogP contribution is 2.34. The molecule has 0 aromatic carbocycles. The van der Waals surface area contributed by atoms with Crippen molar-refractivity contribution in [2.75, 3.05) is 33.1 Å². The minimum Gasteiger partial charge on any atom is -0.493 e. The summed E-state index contributed by atoms with van der Waals surface area (Å²) in [5, 5.41) is 3.45. The molecule has 4 heteroatoms. The van der Waals surface area contributed by atoms with Crippen molar-refractivity contribution in [3.8, 4) is 5.75 Å². The summed E-state index contributed by atoms with van der Waals surface area (Å²) in [4.78, 5) is 6.70. The molecule has 4 nitrogen and oxygen atoms in total. The number of ether oxygens (including phenoxy) is 1. The molecule has 1 heterocycles. The van der Waals surface area contributed by atoms with Gasteiger partial charge >= 0.3 is 0 Å². The molecule has 0 unspecified atom stereocenters. The third-order valence-electron chi connectivity index (χ3n) is 4.06. The van der Waals surface area contributed by atoms with E-state index in [2.05, 4.69) is 29.3 Å². The van der Waals surface area contributed by atoms with Crippen molar-refractivity contribution in [2.24, 2.45) is 0 Å². The maximum Gasteiger partial charge on any atom is 0.168 e. The first kappa shape index (κ1) is 13.1. The Balaban J connectivity index is 2.06. The Labute approximate surface area is 109 Å². The molecule has 0 bridgehead atoms. The number of hydrogen-bond donors (Lipinski definition) is 1. The van der Waals surface area contributed by atoms with Crippen molar-refractivity contribution in [3.05, 3.63) is 18.3 Å². The number of nitrogens with zero attached hydrogens (tertiary/aromatic N) is 2. The number of hydrogen-bond acceptors (Lipinski definition) is 4. The van der Waals surface area contributed by atoms with Crippen LogP contribution in [0.4, 0.5) is 5.82 Å². The summed E-state index contributed by atoms with van der Waals surface area (Å²) >= 11 is 0. The monoisotopic (exact) mass is 249 g/mol. The second kappa shape index (κ2) is 5.57. The molecule has 0 aliphatic heterocycles. The third-order valence-corrected chi connectivity index (χ3v) is 4.06. The van der Waals surface area contributed by atoms with E-state index in [1.165, 1.54) is 25.7 Å². The quantitative estimate of drug-likeness (QED) is 0.869. The molecule has 0 amide bonds. The third kappa shape index (κ3) is 2.58. The van der Waals surface area contributed by atoms with Gasteiger partial charge in [-0.15, -0.1) is 0 Å². The molecular formula is C14H23N3O. The van der Waals surface area contributed by atoms with Gasteiger partial charge in [-0.3, -0.25) is 0 Å². The van der Waals surface area contributed by atoms with Crippen LogP contribution in [0, 0.1) is 0 Å². The van der Waals surface area contributed by atoms with Crippen LogP contribution in [0.5, 0.6) is 5.75 Å². The van der Waals surface area contributed by atoms with Gasteiger partial charge in [0.05, 0.1) is 7.11 Å². The van der Waals surface area contributed by atoms with Gasteiger partial charge in [0.15, 0.2) is 11.6 Å². The van der Waals surface area contributed by atoms with Crippen LogP contribution in [-0.4, -0.2) is 43.2 Å². The fraction of sp³-hybridized carbons (Fsp3) is 0.643. The second-order valence-corrected chi connectivity index (χ2v) is 5.23. The number of aromatic nitrogens is 1. The van der Waals surface area contributed by atoms with Crippen LogP contribution in [0.15, 0.2) is 18.3 Å². The van der Waals surface area contributed by atoms with E-state index in [0.29, 0.717) is 0 Å². The maximum absolute atomic E-state index is 5.32. The van der Waals surface area contributed by atoms with Crippen molar-refractivity contribution in [2.45, 2.75) is 31.2 Å². The summed E-state index contributed by atoms with van der Waals surface area (Å²) in [5.74, 6) is 1.65. The molecule has 0 atom stereocenters. The largest absolute Gasteiger partial charge is 0.493 e. The molecule has 0 radical (unpaired) electrons. The van der Waals surface area contributed by atoms with Crippen molar-refractivity contribution >= 4 is 5.82 Å². The lowest BCUT2D eigenvalue weighted by molar-refractivity contribution is 0.172. The first-order valence-corrected chi connectivity index (χ1v) is 6.58. The van der Waals surface area contributed by atoms with Gasteiger partial charge in [0.2, 0.25) is 0 Å². The number of nitrogens with one attached hydrogen (secondary N) is 1. The number of anilines is 1. The smallest absolute Gasteiger partial charge is 0.168 e. The Kier molecular flexibility index (Phi) is 4.07. The number of rotatable bonds is 5. The molecule has 1 N–H and O–H groups in total. The molecule has 1 aliphatic carbocycles. The fourth-order valence-electron chi connectivity index (χ4n) is 2.75. The topological polar surface area (TPSA) is 37.4 Å². The van der Waals surface area contributed by atoms with E-state index < -0.39 is 0 Å². The average molecular weight is 249 g/mol. The molecular weight excluding hydrogens is 226 g/mol. The van der Waals surface area contributed by atoms with E-state index in [9.17, 15) is 0 Å². The summed E-state index contributed by atoms with van der Waals surface area (Å²) in [6, 6.07) is 3.83. The lowest BCUT2D eigenvalue weighted by atomic mass is 9.96. The van der Waals surface area contributed by atoms with Crippen LogP contribution in [0.25, 0.3) is 0 Å². The van der Waals surface area contributed by atoms with Gasteiger partial charge in [0.25, 0.3) is 0 Å². The second-order valence-electron chi connectivity index (χ2n) is 5.23. The number of methoxy groups -OCH3 is 1. The van der Waals surface area contributed by atoms with E-state index in [-0.39, 0.29) is 5.54 Å². The van der Waals surface area contributed by atoms with Gasteiger partial charge in [-0.05, 0) is 39.1 Å². The van der Waals surface area contributed by atoms with Gasteiger partial charge in [0, 0.05) is 18.3 Å². The molecule has 0 saturated heterocycles. The fourth-order valence-corrected chi connectivity index (χ4v) is 2.75. The Bertz CT molecular complexity index is 386. The van der Waals surface area contributed by atoms with Gasteiger partial charge in [-0.1, -0.05) is 12.8 Å². The summed E-state index contributed by atoms with van der Waals surface area (Å²) in [6.45, 7) is 0.924. The standard InChI is InChI=1S/C14H23N3O/c1-17(2)14(8-4-5-9-14)11-16-13-12(18-3)7-6-10-15-13/h6-7,10H,4-5,8-9,11H2,1-3H3,(H,15,16). The molecule has 1 aromatic heterocycles. The Morgan fingerprint density at radius 2 is 2.11 bits per heavy atom. The van der Waals surface area contributed by atoms with Gasteiger partial charge in [-0.2, -0.15) is 0 Å². The molecule has 1 fully saturated rings. The van der Waals surface area contributed by atoms with Crippen molar-refractivity contribution in [3.63, 3.8) is 0 Å². The predicted molar refractivity (Wildman–Crippen MR) is 74.2 cm³/mol. The first-order valence-electron chi connectivity index (χ1n) is 6.58. The van der Waals surface area contributed by atoms with E-state index in [0.717, 1.165) is 18.1 Å². The highest BCUT2D eigenvalue weighted by Gasteiger charge is 2.35. The van der Waals surface area contributed by atoms with Gasteiger partial charge < -0.3 is 15.0 Å². The summed E-state index contributed by atoms with van der Waals surface area (Å²) in [5.41, 5.74) is 0.266. The van der Waals surface area contributed by atoms with Crippen LogP contribution < -0.4 is 10.1 Å². The Hall–Kier alpha value is -1.29. The summed E-state index contributed by atoms with van der Waals surface area (Å²) in [6.07, 6.45) is 6.94. The molecule has 1 saturated carbocycles. The number of pyridine rings is 1.